The summed E-state index contributed by atoms with van der Waals surface area (Å²) in [7, 11) is 1.73. The van der Waals surface area contributed by atoms with E-state index in [9.17, 15) is 13.2 Å². The van der Waals surface area contributed by atoms with Crippen LogP contribution in [0.15, 0.2) is 6.20 Å². The van der Waals surface area contributed by atoms with E-state index in [4.69, 9.17) is 4.74 Å². The second-order valence-electron chi connectivity index (χ2n) is 3.15. The van der Waals surface area contributed by atoms with E-state index in [0.717, 1.165) is 0 Å². The number of hydrogen-bond donors (Lipinski definition) is 0. The molecule has 1 aliphatic heterocycles. The largest absolute Gasteiger partial charge is 0.473 e. The number of likely N-dealkylation sites (N-methyl/N-ethyl adjacent to an activating group) is 1. The van der Waals surface area contributed by atoms with Crippen molar-refractivity contribution in [3.05, 3.63) is 11.9 Å². The summed E-state index contributed by atoms with van der Waals surface area (Å²) in [6, 6.07) is 0. The van der Waals surface area contributed by atoms with Crippen LogP contribution < -0.4 is 9.64 Å². The van der Waals surface area contributed by atoms with Gasteiger partial charge in [-0.25, -0.2) is 9.97 Å². The van der Waals surface area contributed by atoms with Crippen molar-refractivity contribution in [2.24, 2.45) is 0 Å². The van der Waals surface area contributed by atoms with Gasteiger partial charge in [0.1, 0.15) is 6.61 Å². The molecular formula is C8H8F3N3O. The van der Waals surface area contributed by atoms with Gasteiger partial charge in [0.2, 0.25) is 0 Å². The molecule has 0 aromatic carbocycles. The van der Waals surface area contributed by atoms with Gasteiger partial charge in [-0.15, -0.1) is 0 Å². The van der Waals surface area contributed by atoms with Gasteiger partial charge in [-0.1, -0.05) is 0 Å². The highest BCUT2D eigenvalue weighted by atomic mass is 19.4. The number of rotatable bonds is 0. The molecule has 0 fully saturated rings. The number of nitrogens with zero attached hydrogens (tertiary/aromatic N) is 3. The Bertz CT molecular complexity index is 380. The number of anilines is 1. The summed E-state index contributed by atoms with van der Waals surface area (Å²) < 4.78 is 41.9. The Hall–Kier alpha value is -1.53. The van der Waals surface area contributed by atoms with Crippen LogP contribution in [0.2, 0.25) is 0 Å². The maximum Gasteiger partial charge on any atom is 0.435 e. The normalized spacial score (nSPS) is 15.9. The van der Waals surface area contributed by atoms with Crippen molar-refractivity contribution >= 4 is 5.82 Å². The Balaban J connectivity index is 2.42. The molecule has 0 saturated carbocycles. The fraction of sp³-hybridized carbons (Fsp3) is 0.500. The Labute approximate surface area is 83.7 Å². The van der Waals surface area contributed by atoms with Crippen molar-refractivity contribution in [2.45, 2.75) is 6.18 Å². The summed E-state index contributed by atoms with van der Waals surface area (Å²) >= 11 is 0. The van der Waals surface area contributed by atoms with E-state index >= 15 is 0 Å². The molecule has 1 aromatic rings. The maximum atomic E-state index is 12.3. The van der Waals surface area contributed by atoms with E-state index < -0.39 is 11.9 Å². The maximum absolute atomic E-state index is 12.3. The zero-order chi connectivity index (χ0) is 11.1. The van der Waals surface area contributed by atoms with E-state index in [1.807, 2.05) is 0 Å². The molecule has 7 heteroatoms. The van der Waals surface area contributed by atoms with Crippen LogP contribution in [0.25, 0.3) is 0 Å². The zero-order valence-electron chi connectivity index (χ0n) is 7.88. The molecular weight excluding hydrogens is 211 g/mol. The molecule has 0 spiro atoms. The van der Waals surface area contributed by atoms with Crippen molar-refractivity contribution in [2.75, 3.05) is 25.1 Å². The number of hydrogen-bond acceptors (Lipinski definition) is 4. The van der Waals surface area contributed by atoms with Gasteiger partial charge in [-0.3, -0.25) is 0 Å². The first-order chi connectivity index (χ1) is 6.98. The fourth-order valence-corrected chi connectivity index (χ4v) is 1.25. The molecule has 15 heavy (non-hydrogen) atoms. The third-order valence-corrected chi connectivity index (χ3v) is 2.04. The first-order valence-corrected chi connectivity index (χ1v) is 4.26. The highest BCUT2D eigenvalue weighted by molar-refractivity contribution is 5.49. The minimum atomic E-state index is -4.48. The van der Waals surface area contributed by atoms with Crippen LogP contribution in [-0.4, -0.2) is 30.2 Å². The van der Waals surface area contributed by atoms with Crippen molar-refractivity contribution in [1.29, 1.82) is 0 Å². The molecule has 2 heterocycles. The lowest BCUT2D eigenvalue weighted by Gasteiger charge is -2.25. The molecule has 0 saturated heterocycles. The lowest BCUT2D eigenvalue weighted by Crippen LogP contribution is -2.30. The van der Waals surface area contributed by atoms with Crippen molar-refractivity contribution < 1.29 is 17.9 Å². The number of halogens is 3. The Morgan fingerprint density at radius 2 is 2.20 bits per heavy atom. The van der Waals surface area contributed by atoms with E-state index in [-0.39, 0.29) is 5.88 Å². The molecule has 0 atom stereocenters. The van der Waals surface area contributed by atoms with Gasteiger partial charge in [0.25, 0.3) is 5.88 Å². The quantitative estimate of drug-likeness (QED) is 0.659. The lowest BCUT2D eigenvalue weighted by molar-refractivity contribution is -0.141. The molecule has 0 aliphatic carbocycles. The highest BCUT2D eigenvalue weighted by Gasteiger charge is 2.34. The van der Waals surface area contributed by atoms with Gasteiger partial charge in [0.05, 0.1) is 12.7 Å². The number of ether oxygens (including phenoxy) is 1. The molecule has 4 nitrogen and oxygen atoms in total. The zero-order valence-corrected chi connectivity index (χ0v) is 7.88. The standard InChI is InChI=1S/C8H8F3N3O/c1-14-2-3-15-7-6(14)12-4-5(13-7)8(9,10)11/h4H,2-3H2,1H3. The summed E-state index contributed by atoms with van der Waals surface area (Å²) in [6.45, 7) is 0.909. The van der Waals surface area contributed by atoms with Gasteiger partial charge in [-0.2, -0.15) is 13.2 Å². The molecule has 1 aromatic heterocycles. The SMILES string of the molecule is CN1CCOc2nc(C(F)(F)F)cnc21. The average molecular weight is 219 g/mol. The number of aromatic nitrogens is 2. The van der Waals surface area contributed by atoms with Crippen LogP contribution in [0.5, 0.6) is 5.88 Å². The van der Waals surface area contributed by atoms with E-state index in [2.05, 4.69) is 9.97 Å². The summed E-state index contributed by atoms with van der Waals surface area (Å²) in [5, 5.41) is 0. The monoisotopic (exact) mass is 219 g/mol. The van der Waals surface area contributed by atoms with Gasteiger partial charge in [0, 0.05) is 7.05 Å². The van der Waals surface area contributed by atoms with Gasteiger partial charge in [0.15, 0.2) is 11.5 Å². The van der Waals surface area contributed by atoms with Gasteiger partial charge in [-0.05, 0) is 0 Å². The van der Waals surface area contributed by atoms with Crippen LogP contribution in [-0.2, 0) is 6.18 Å². The molecule has 2 rings (SSSR count). The Morgan fingerprint density at radius 3 is 2.87 bits per heavy atom. The topological polar surface area (TPSA) is 38.2 Å². The molecule has 0 N–H and O–H groups in total. The minimum absolute atomic E-state index is 0.0569. The van der Waals surface area contributed by atoms with Crippen molar-refractivity contribution in [3.8, 4) is 5.88 Å². The van der Waals surface area contributed by atoms with Crippen LogP contribution in [0, 0.1) is 0 Å². The van der Waals surface area contributed by atoms with Gasteiger partial charge < -0.3 is 9.64 Å². The second-order valence-corrected chi connectivity index (χ2v) is 3.15. The van der Waals surface area contributed by atoms with Crippen molar-refractivity contribution in [1.82, 2.24) is 9.97 Å². The van der Waals surface area contributed by atoms with Crippen LogP contribution >= 0.6 is 0 Å². The first kappa shape index (κ1) is 10.0. The fourth-order valence-electron chi connectivity index (χ4n) is 1.25. The predicted octanol–water partition coefficient (Wildman–Crippen LogP) is 1.32. The smallest absolute Gasteiger partial charge is 0.435 e. The highest BCUT2D eigenvalue weighted by Crippen LogP contribution is 2.32. The summed E-state index contributed by atoms with van der Waals surface area (Å²) in [5.41, 5.74) is -1.03. The molecule has 82 valence electrons. The summed E-state index contributed by atoms with van der Waals surface area (Å²) in [4.78, 5) is 8.77. The Morgan fingerprint density at radius 1 is 1.47 bits per heavy atom. The second kappa shape index (κ2) is 3.25. The van der Waals surface area contributed by atoms with Gasteiger partial charge >= 0.3 is 6.18 Å². The summed E-state index contributed by atoms with van der Waals surface area (Å²) in [5.74, 6) is 0.285. The van der Waals surface area contributed by atoms with E-state index in [0.29, 0.717) is 25.2 Å². The molecule has 0 unspecified atom stereocenters. The van der Waals surface area contributed by atoms with Crippen LogP contribution in [0.4, 0.5) is 19.0 Å². The minimum Gasteiger partial charge on any atom is -0.473 e. The average Bonchev–Trinajstić information content (AvgIpc) is 2.16. The van der Waals surface area contributed by atoms with E-state index in [1.54, 1.807) is 11.9 Å². The summed E-state index contributed by atoms with van der Waals surface area (Å²) in [6.07, 6.45) is -3.77. The molecule has 1 aliphatic rings. The Kier molecular flexibility index (Phi) is 2.17. The van der Waals surface area contributed by atoms with E-state index in [1.165, 1.54) is 0 Å². The molecule has 0 amide bonds. The molecule has 0 bridgehead atoms. The van der Waals surface area contributed by atoms with Crippen LogP contribution in [0.1, 0.15) is 5.69 Å². The first-order valence-electron chi connectivity index (χ1n) is 4.26. The molecule has 0 radical (unpaired) electrons. The third-order valence-electron chi connectivity index (χ3n) is 2.04. The number of alkyl halides is 3. The number of fused-ring (bicyclic) bond motifs is 1. The van der Waals surface area contributed by atoms with Crippen molar-refractivity contribution in [3.63, 3.8) is 0 Å². The predicted molar refractivity (Wildman–Crippen MR) is 45.8 cm³/mol. The lowest BCUT2D eigenvalue weighted by atomic mass is 10.4. The van der Waals surface area contributed by atoms with Crippen LogP contribution in [0.3, 0.4) is 0 Å². The third kappa shape index (κ3) is 1.81.